The van der Waals surface area contributed by atoms with Gasteiger partial charge in [-0.2, -0.15) is 14.9 Å². The van der Waals surface area contributed by atoms with Crippen molar-refractivity contribution in [1.29, 1.82) is 10.5 Å². The summed E-state index contributed by atoms with van der Waals surface area (Å²) in [6, 6.07) is 3.51. The number of rotatable bonds is 0. The van der Waals surface area contributed by atoms with Crippen LogP contribution in [0, 0.1) is 30.7 Å². The van der Waals surface area contributed by atoms with Gasteiger partial charge in [0.1, 0.15) is 17.7 Å². The molecule has 0 saturated carbocycles. The van der Waals surface area contributed by atoms with E-state index in [2.05, 4.69) is 0 Å². The molecule has 18 heavy (non-hydrogen) atoms. The lowest BCUT2D eigenvalue weighted by atomic mass is 10.0. The Balaban J connectivity index is 2.94. The first-order chi connectivity index (χ1) is 8.56. The number of halogens is 3. The van der Waals surface area contributed by atoms with E-state index in [1.807, 2.05) is 45.2 Å². The number of Topliss-reactive ketones (excluding diaryl/α,β-unsaturated/α-hetero) is 1. The number of allylic oxidation sites excluding steroid dienone is 3. The molecule has 0 aliphatic heterocycles. The van der Waals surface area contributed by atoms with Gasteiger partial charge in [0, 0.05) is 16.7 Å². The van der Waals surface area contributed by atoms with Gasteiger partial charge in [-0.25, -0.2) is 0 Å². The van der Waals surface area contributed by atoms with Crippen molar-refractivity contribution in [1.82, 2.24) is 0 Å². The molecule has 0 fully saturated rings. The molecule has 0 atom stereocenters. The number of carbonyl (C=O) groups excluding carboxylic acids is 1. The van der Waals surface area contributed by atoms with Crippen LogP contribution in [0.4, 0.5) is 4.39 Å². The maximum atomic E-state index is 13.7. The van der Waals surface area contributed by atoms with Gasteiger partial charge in [0.25, 0.3) is 0 Å². The van der Waals surface area contributed by atoms with Gasteiger partial charge in [-0.1, -0.05) is 33.9 Å². The molecule has 0 radical (unpaired) electrons. The topological polar surface area (TPSA) is 64.7 Å². The van der Waals surface area contributed by atoms with E-state index < -0.39 is 10.9 Å². The summed E-state index contributed by atoms with van der Waals surface area (Å²) in [4.78, 5) is 12.0. The van der Waals surface area contributed by atoms with Crippen molar-refractivity contribution in [3.63, 3.8) is 0 Å². The van der Waals surface area contributed by atoms with Crippen LogP contribution in [0.15, 0.2) is 15.2 Å². The van der Waals surface area contributed by atoms with Gasteiger partial charge in [-0.05, 0) is 26.7 Å². The zero-order chi connectivity index (χ0) is 13.4. The van der Waals surface area contributed by atoms with Crippen LogP contribution in [0.1, 0.15) is 15.9 Å². The summed E-state index contributed by atoms with van der Waals surface area (Å²) in [7, 11) is 0. The lowest BCUT2D eigenvalue weighted by Gasteiger charge is -1.99. The quantitative estimate of drug-likeness (QED) is 0.321. The molecule has 0 bridgehead atoms. The lowest BCUT2D eigenvalue weighted by Crippen LogP contribution is -1.96. The summed E-state index contributed by atoms with van der Waals surface area (Å²) in [5, 5.41) is 17.3. The minimum Gasteiger partial charge on any atom is -0.288 e. The predicted molar refractivity (Wildman–Crippen MR) is 81.6 cm³/mol. The summed E-state index contributed by atoms with van der Waals surface area (Å²) in [5.74, 6) is -0.464. The molecular weight excluding hydrogens is 481 g/mol. The molecule has 3 nitrogen and oxygen atoms in total. The fraction of sp³-hybridized carbons (Fsp3) is 0. The molecule has 2 rings (SSSR count). The maximum Gasteiger partial charge on any atom is 0.198 e. The number of hydrogen-bond donors (Lipinski definition) is 0. The van der Waals surface area contributed by atoms with Crippen LogP contribution in [-0.2, 0) is 0 Å². The SMILES string of the molecule is N#CC(C#N)=C1/C(=C/I)C(=O)c2c(F)sc(I)c21. The van der Waals surface area contributed by atoms with Crippen LogP contribution in [-0.4, -0.2) is 5.78 Å². The Hall–Kier alpha value is -0.780. The van der Waals surface area contributed by atoms with Gasteiger partial charge in [-0.3, -0.25) is 4.79 Å². The highest BCUT2D eigenvalue weighted by molar-refractivity contribution is 14.1. The highest BCUT2D eigenvalue weighted by Gasteiger charge is 2.38. The predicted octanol–water partition coefficient (Wildman–Crippen LogP) is 3.81. The molecule has 0 spiro atoms. The second-order valence-electron chi connectivity index (χ2n) is 3.22. The van der Waals surface area contributed by atoms with Crippen molar-refractivity contribution in [3.8, 4) is 12.1 Å². The summed E-state index contributed by atoms with van der Waals surface area (Å²) in [5.41, 5.74) is 0.650. The molecule has 7 heteroatoms. The third-order valence-corrected chi connectivity index (χ3v) is 4.99. The number of nitriles is 2. The zero-order valence-electron chi connectivity index (χ0n) is 8.42. The van der Waals surface area contributed by atoms with Crippen LogP contribution >= 0.6 is 56.5 Å². The number of thiophene rings is 1. The molecule has 0 unspecified atom stereocenters. The monoisotopic (exact) mass is 482 g/mol. The Labute approximate surface area is 133 Å². The summed E-state index contributed by atoms with van der Waals surface area (Å²) < 4.78 is 15.7. The second-order valence-corrected chi connectivity index (χ2v) is 6.63. The average Bonchev–Trinajstić information content (AvgIpc) is 2.79. The first-order valence-corrected chi connectivity index (χ1v) is 7.59. The van der Waals surface area contributed by atoms with E-state index >= 15 is 0 Å². The van der Waals surface area contributed by atoms with Gasteiger partial charge in [-0.15, -0.1) is 0 Å². The molecule has 0 aromatic carbocycles. The molecule has 1 heterocycles. The number of fused-ring (bicyclic) bond motifs is 1. The molecular formula is C11HFI2N2OS. The Bertz CT molecular complexity index is 703. The van der Waals surface area contributed by atoms with E-state index in [0.717, 1.165) is 11.3 Å². The Morgan fingerprint density at radius 2 is 1.94 bits per heavy atom. The van der Waals surface area contributed by atoms with Crippen LogP contribution in [0.2, 0.25) is 0 Å². The molecule has 1 aromatic rings. The van der Waals surface area contributed by atoms with E-state index in [1.54, 1.807) is 12.1 Å². The van der Waals surface area contributed by atoms with Crippen molar-refractivity contribution in [2.75, 3.05) is 0 Å². The van der Waals surface area contributed by atoms with Crippen molar-refractivity contribution in [3.05, 3.63) is 34.4 Å². The molecule has 0 amide bonds. The van der Waals surface area contributed by atoms with Gasteiger partial charge in [0.05, 0.1) is 8.45 Å². The van der Waals surface area contributed by atoms with Crippen molar-refractivity contribution >= 4 is 67.9 Å². The van der Waals surface area contributed by atoms with E-state index in [1.165, 1.54) is 4.08 Å². The van der Waals surface area contributed by atoms with Crippen LogP contribution in [0.3, 0.4) is 0 Å². The third kappa shape index (κ3) is 1.81. The molecule has 0 saturated heterocycles. The summed E-state index contributed by atoms with van der Waals surface area (Å²) >= 11 is 4.60. The van der Waals surface area contributed by atoms with E-state index in [4.69, 9.17) is 10.5 Å². The van der Waals surface area contributed by atoms with Crippen molar-refractivity contribution < 1.29 is 9.18 Å². The van der Waals surface area contributed by atoms with Crippen LogP contribution in [0.5, 0.6) is 0 Å². The Kier molecular flexibility index (Phi) is 3.84. The van der Waals surface area contributed by atoms with Gasteiger partial charge in [0.2, 0.25) is 0 Å². The fourth-order valence-electron chi connectivity index (χ4n) is 1.69. The third-order valence-electron chi connectivity index (χ3n) is 2.40. The lowest BCUT2D eigenvalue weighted by molar-refractivity contribution is 0.104. The van der Waals surface area contributed by atoms with E-state index in [9.17, 15) is 9.18 Å². The van der Waals surface area contributed by atoms with Crippen LogP contribution < -0.4 is 0 Å². The van der Waals surface area contributed by atoms with E-state index in [0.29, 0.717) is 8.45 Å². The normalized spacial score (nSPS) is 15.5. The fourth-order valence-corrected chi connectivity index (χ4v) is 4.16. The van der Waals surface area contributed by atoms with Gasteiger partial charge in [0.15, 0.2) is 10.9 Å². The van der Waals surface area contributed by atoms with E-state index in [-0.39, 0.29) is 22.3 Å². The molecule has 88 valence electrons. The number of carbonyl (C=O) groups is 1. The first-order valence-electron chi connectivity index (χ1n) is 4.44. The van der Waals surface area contributed by atoms with Crippen LogP contribution in [0.25, 0.3) is 5.57 Å². The minimum atomic E-state index is -0.569. The smallest absolute Gasteiger partial charge is 0.198 e. The number of hydrogen-bond acceptors (Lipinski definition) is 4. The first kappa shape index (κ1) is 13.6. The van der Waals surface area contributed by atoms with Crippen molar-refractivity contribution in [2.24, 2.45) is 0 Å². The Morgan fingerprint density at radius 3 is 2.44 bits per heavy atom. The summed E-state index contributed by atoms with van der Waals surface area (Å²) in [6.07, 6.45) is 0. The molecule has 1 aliphatic rings. The van der Waals surface area contributed by atoms with Gasteiger partial charge < -0.3 is 0 Å². The standard InChI is InChI=1S/C11HFI2N2OS/c12-10-8-7(11(14)18-10)6(4(2-15)3-16)5(1-13)9(8)17/h1H/b5-1-. The molecule has 0 N–H and O–H groups in total. The minimum absolute atomic E-state index is 0.0229. The molecule has 1 aliphatic carbocycles. The number of nitrogens with zero attached hydrogens (tertiary/aromatic N) is 2. The summed E-state index contributed by atoms with van der Waals surface area (Å²) in [6.45, 7) is 0. The highest BCUT2D eigenvalue weighted by atomic mass is 127. The number of ketones is 1. The average molecular weight is 482 g/mol. The zero-order valence-corrected chi connectivity index (χ0v) is 13.6. The van der Waals surface area contributed by atoms with Gasteiger partial charge >= 0.3 is 0 Å². The second kappa shape index (κ2) is 5.07. The van der Waals surface area contributed by atoms with Crippen molar-refractivity contribution in [2.45, 2.75) is 0 Å². The maximum absolute atomic E-state index is 13.7. The largest absolute Gasteiger partial charge is 0.288 e. The molecule has 1 aromatic heterocycles. The highest BCUT2D eigenvalue weighted by Crippen LogP contribution is 2.46. The Morgan fingerprint density at radius 1 is 1.33 bits per heavy atom.